The maximum Gasteiger partial charge on any atom is 0.303 e. The molecule has 1 saturated heterocycles. The summed E-state index contributed by atoms with van der Waals surface area (Å²) in [4.78, 5) is 74.2. The van der Waals surface area contributed by atoms with Crippen molar-refractivity contribution in [3.8, 4) is 5.75 Å². The first kappa shape index (κ1) is 42.7. The lowest BCUT2D eigenvalue weighted by molar-refractivity contribution is -0.201. The number of amides is 3. The second kappa shape index (κ2) is 16.1. The lowest BCUT2D eigenvalue weighted by Gasteiger charge is -2.59. The third-order valence-electron chi connectivity index (χ3n) is 15.1. The lowest BCUT2D eigenvalue weighted by Crippen LogP contribution is -2.63. The van der Waals surface area contributed by atoms with Crippen LogP contribution < -0.4 is 20.7 Å². The number of carboxylic acids is 1. The molecule has 7 aliphatic rings. The van der Waals surface area contributed by atoms with Gasteiger partial charge in [0.1, 0.15) is 18.4 Å². The number of hydrogen-bond acceptors (Lipinski definition) is 11. The molecule has 1 aromatic rings. The topological polar surface area (TPSA) is 227 Å². The molecule has 5 saturated carbocycles. The second-order valence-electron chi connectivity index (χ2n) is 18.6. The van der Waals surface area contributed by atoms with Gasteiger partial charge in [-0.25, -0.2) is 0 Å². The molecule has 60 heavy (non-hydrogen) atoms. The number of fused-ring (bicyclic) bond motifs is 7. The Morgan fingerprint density at radius 3 is 2.45 bits per heavy atom. The Bertz CT molecular complexity index is 1990. The fourth-order valence-corrected chi connectivity index (χ4v) is 12.6. The average molecular weight is 897 g/mol. The first-order valence-electron chi connectivity index (χ1n) is 21.0. The first-order valence-corrected chi connectivity index (χ1v) is 22.2. The van der Waals surface area contributed by atoms with E-state index in [4.69, 9.17) is 19.3 Å². The largest absolute Gasteiger partial charge is 0.490 e. The Labute approximate surface area is 356 Å². The molecular weight excluding hydrogens is 842 g/mol. The zero-order valence-corrected chi connectivity index (χ0v) is 35.4. The molecule has 1 spiro atoms. The van der Waals surface area contributed by atoms with Gasteiger partial charge in [0.05, 0.1) is 30.2 Å². The normalized spacial score (nSPS) is 38.8. The number of nitrogens with one attached hydrogen (secondary N) is 3. The Kier molecular flexibility index (Phi) is 11.4. The van der Waals surface area contributed by atoms with Gasteiger partial charge in [0, 0.05) is 34.8 Å². The standard InChI is InChI=1S/C44H54BrN3O12/c1-41-12-11-26(50)13-24(41)5-8-29-30-14-34-44(33(52)22-49,42(30,2)19-32(51)38(29)41)60-40(59-34)23-3-6-27(7-4-23)58-28-17-43(18-28)15-25(16-43)47-39(57)31(9-10-37(55)56)48-36(54)21-46-35(53)20-45/h3-4,6-7,11-13,25,28-32,34,38,40,49,51H,5,8-10,14-22H2,1-2H3,(H,46,53)(H,47,57)(H,48,54)(H,55,56)/t25?,28?,29-,30-,31-,32-,34+,38+,40+,41-,42-,43?,44+/m0/s1. The van der Waals surface area contributed by atoms with Crippen molar-refractivity contribution in [3.63, 3.8) is 0 Å². The summed E-state index contributed by atoms with van der Waals surface area (Å²) < 4.78 is 19.6. The summed E-state index contributed by atoms with van der Waals surface area (Å²) >= 11 is 3.00. The van der Waals surface area contributed by atoms with Gasteiger partial charge >= 0.3 is 5.97 Å². The van der Waals surface area contributed by atoms with Gasteiger partial charge in [-0.15, -0.1) is 0 Å². The number of Topliss-reactive ketones (excluding diaryl/α,β-unsaturated/α-hetero) is 1. The highest BCUT2D eigenvalue weighted by Gasteiger charge is 2.76. The summed E-state index contributed by atoms with van der Waals surface area (Å²) in [5.74, 6) is -2.39. The minimum absolute atomic E-state index is 0.000424. The lowest BCUT2D eigenvalue weighted by atomic mass is 9.46. The molecule has 0 radical (unpaired) electrons. The van der Waals surface area contributed by atoms with Gasteiger partial charge in [0.15, 0.2) is 23.5 Å². The van der Waals surface area contributed by atoms with Gasteiger partial charge in [0.25, 0.3) is 0 Å². The van der Waals surface area contributed by atoms with Crippen LogP contribution in [0.15, 0.2) is 48.1 Å². The molecule has 10 atom stereocenters. The quantitative estimate of drug-likeness (QED) is 0.148. The van der Waals surface area contributed by atoms with Crippen molar-refractivity contribution in [1.29, 1.82) is 0 Å². The Balaban J connectivity index is 0.852. The maximum atomic E-state index is 13.9. The van der Waals surface area contributed by atoms with Crippen molar-refractivity contribution in [1.82, 2.24) is 16.0 Å². The summed E-state index contributed by atoms with van der Waals surface area (Å²) in [6, 6.07) is 6.24. The number of aliphatic hydroxyl groups is 2. The summed E-state index contributed by atoms with van der Waals surface area (Å²) in [6.07, 6.45) is 8.09. The van der Waals surface area contributed by atoms with E-state index in [9.17, 15) is 39.0 Å². The van der Waals surface area contributed by atoms with Crippen LogP contribution in [-0.4, -0.2) is 105 Å². The molecule has 16 heteroatoms. The number of aliphatic carboxylic acids is 1. The minimum Gasteiger partial charge on any atom is -0.490 e. The SMILES string of the molecule is C[C@]12C=CC(=O)C=C1CC[C@@H]1[C@@H]2[C@@H](O)C[C@@]2(C)[C@H]1C[C@H]1O[C@@H](c3ccc(OC4CC5(CC(NC(=O)[C@H](CCC(=O)O)NC(=O)CNC(=O)CBr)C5)C4)cc3)O[C@]12C(=O)CO. The molecule has 1 aromatic carbocycles. The molecule has 3 amide bonds. The molecule has 6 aliphatic carbocycles. The van der Waals surface area contributed by atoms with Crippen LogP contribution in [0, 0.1) is 34.0 Å². The number of allylic oxidation sites excluding steroid dienone is 4. The van der Waals surface area contributed by atoms with Gasteiger partial charge in [-0.3, -0.25) is 28.8 Å². The van der Waals surface area contributed by atoms with E-state index in [1.165, 1.54) is 0 Å². The number of halogens is 1. The van der Waals surface area contributed by atoms with Crippen LogP contribution in [0.25, 0.3) is 0 Å². The number of carboxylic acid groups (broad SMARTS) is 1. The van der Waals surface area contributed by atoms with Crippen LogP contribution in [0.4, 0.5) is 0 Å². The van der Waals surface area contributed by atoms with E-state index in [0.717, 1.165) is 44.1 Å². The molecular formula is C44H54BrN3O12. The Hall–Kier alpha value is -3.96. The van der Waals surface area contributed by atoms with Crippen LogP contribution in [0.1, 0.15) is 89.9 Å². The molecule has 6 fully saturated rings. The number of ketones is 2. The van der Waals surface area contributed by atoms with Crippen molar-refractivity contribution >= 4 is 51.2 Å². The first-order chi connectivity index (χ1) is 28.5. The molecule has 1 aliphatic heterocycles. The fourth-order valence-electron chi connectivity index (χ4n) is 12.5. The molecule has 0 bridgehead atoms. The summed E-state index contributed by atoms with van der Waals surface area (Å²) in [7, 11) is 0. The van der Waals surface area contributed by atoms with Gasteiger partial charge in [-0.05, 0) is 99.3 Å². The summed E-state index contributed by atoms with van der Waals surface area (Å²) in [5.41, 5.74) is -0.904. The molecule has 1 heterocycles. The highest BCUT2D eigenvalue weighted by molar-refractivity contribution is 9.09. The van der Waals surface area contributed by atoms with E-state index in [1.807, 2.05) is 37.3 Å². The van der Waals surface area contributed by atoms with Gasteiger partial charge in [0.2, 0.25) is 17.7 Å². The zero-order valence-electron chi connectivity index (χ0n) is 33.8. The number of rotatable bonds is 14. The van der Waals surface area contributed by atoms with E-state index < -0.39 is 77.1 Å². The van der Waals surface area contributed by atoms with Crippen molar-refractivity contribution in [2.75, 3.05) is 18.5 Å². The number of hydrogen-bond donors (Lipinski definition) is 6. The van der Waals surface area contributed by atoms with Crippen LogP contribution in [0.3, 0.4) is 0 Å². The number of carbonyl (C=O) groups is 6. The van der Waals surface area contributed by atoms with E-state index >= 15 is 0 Å². The molecule has 0 aromatic heterocycles. The summed E-state index contributed by atoms with van der Waals surface area (Å²) in [6.45, 7) is 3.09. The van der Waals surface area contributed by atoms with Crippen molar-refractivity contribution < 1.29 is 58.3 Å². The van der Waals surface area contributed by atoms with Crippen LogP contribution in [0.2, 0.25) is 0 Å². The van der Waals surface area contributed by atoms with Gasteiger partial charge in [-0.2, -0.15) is 0 Å². The summed E-state index contributed by atoms with van der Waals surface area (Å²) in [5, 5.41) is 39.3. The van der Waals surface area contributed by atoms with Gasteiger partial charge in [-0.1, -0.05) is 53.6 Å². The van der Waals surface area contributed by atoms with E-state index in [0.29, 0.717) is 24.2 Å². The van der Waals surface area contributed by atoms with Gasteiger partial charge < -0.3 is 45.5 Å². The van der Waals surface area contributed by atoms with E-state index in [1.54, 1.807) is 12.2 Å². The highest BCUT2D eigenvalue weighted by atomic mass is 79.9. The van der Waals surface area contributed by atoms with Crippen molar-refractivity contribution in [2.45, 2.75) is 120 Å². The maximum absolute atomic E-state index is 13.9. The number of alkyl halides is 1. The third kappa shape index (κ3) is 7.33. The second-order valence-corrected chi connectivity index (χ2v) is 19.2. The number of carbonyl (C=O) groups excluding carboxylic acids is 5. The van der Waals surface area contributed by atoms with E-state index in [2.05, 4.69) is 38.8 Å². The van der Waals surface area contributed by atoms with Crippen LogP contribution in [-0.2, 0) is 38.2 Å². The average Bonchev–Trinajstić information content (AvgIpc) is 3.69. The number of ether oxygens (including phenoxy) is 3. The monoisotopic (exact) mass is 895 g/mol. The molecule has 15 nitrogen and oxygen atoms in total. The predicted molar refractivity (Wildman–Crippen MR) is 216 cm³/mol. The van der Waals surface area contributed by atoms with Crippen LogP contribution >= 0.6 is 15.9 Å². The Morgan fingerprint density at radius 1 is 1.03 bits per heavy atom. The highest BCUT2D eigenvalue weighted by Crippen LogP contribution is 2.70. The van der Waals surface area contributed by atoms with E-state index in [-0.39, 0.29) is 65.8 Å². The molecule has 324 valence electrons. The molecule has 8 rings (SSSR count). The molecule has 6 N–H and O–H groups in total. The minimum atomic E-state index is -1.44. The zero-order chi connectivity index (χ0) is 42.8. The third-order valence-corrected chi connectivity index (χ3v) is 15.7. The fraction of sp³-hybridized carbons (Fsp3) is 0.636. The number of aliphatic hydroxyl groups excluding tert-OH is 2. The van der Waals surface area contributed by atoms with Crippen molar-refractivity contribution in [3.05, 3.63) is 53.6 Å². The number of benzene rings is 1. The smallest absolute Gasteiger partial charge is 0.303 e. The van der Waals surface area contributed by atoms with Crippen molar-refractivity contribution in [2.24, 2.45) is 34.0 Å². The van der Waals surface area contributed by atoms with Crippen LogP contribution in [0.5, 0.6) is 5.75 Å². The predicted octanol–water partition coefficient (Wildman–Crippen LogP) is 2.96. The Morgan fingerprint density at radius 2 is 1.77 bits per heavy atom. The molecule has 0 unspecified atom stereocenters.